The summed E-state index contributed by atoms with van der Waals surface area (Å²) in [7, 11) is -2.14. The molecule has 0 bridgehead atoms. The zero-order valence-corrected chi connectivity index (χ0v) is 14.0. The monoisotopic (exact) mass is 338 g/mol. The van der Waals surface area contributed by atoms with Crippen molar-refractivity contribution in [2.24, 2.45) is 0 Å². The normalized spacial score (nSPS) is 22.7. The van der Waals surface area contributed by atoms with Crippen LogP contribution in [-0.2, 0) is 25.0 Å². The number of rotatable bonds is 6. The van der Waals surface area contributed by atoms with Crippen LogP contribution in [0.4, 0.5) is 0 Å². The molecular formula is C16H22N2O4S. The van der Waals surface area contributed by atoms with Gasteiger partial charge in [0.1, 0.15) is 0 Å². The van der Waals surface area contributed by atoms with Gasteiger partial charge in [0.15, 0.2) is 0 Å². The van der Waals surface area contributed by atoms with E-state index in [0.29, 0.717) is 6.54 Å². The third kappa shape index (κ3) is 3.27. The summed E-state index contributed by atoms with van der Waals surface area (Å²) in [5, 5.41) is 3.26. The van der Waals surface area contributed by atoms with Gasteiger partial charge < -0.3 is 10.1 Å². The van der Waals surface area contributed by atoms with E-state index in [9.17, 15) is 13.2 Å². The minimum atomic E-state index is -3.52. The van der Waals surface area contributed by atoms with Gasteiger partial charge in [0.05, 0.1) is 17.4 Å². The first-order valence-electron chi connectivity index (χ1n) is 7.90. The average Bonchev–Trinajstić information content (AvgIpc) is 3.21. The molecule has 23 heavy (non-hydrogen) atoms. The standard InChI is InChI=1S/C16H22N2O4S/c1-22-15(19)16(8-9-16)12-4-6-14(7-5-12)23(20,21)18-11-13-3-2-10-17-13/h4-7,13,17-18H,2-3,8-11H2,1H3. The molecule has 2 fully saturated rings. The van der Waals surface area contributed by atoms with E-state index in [1.807, 2.05) is 0 Å². The number of esters is 1. The number of sulfonamides is 1. The van der Waals surface area contributed by atoms with Crippen molar-refractivity contribution in [1.82, 2.24) is 10.0 Å². The van der Waals surface area contributed by atoms with Crippen LogP contribution in [0.2, 0.25) is 0 Å². The Balaban J connectivity index is 1.70. The Kier molecular flexibility index (Phi) is 4.44. The highest BCUT2D eigenvalue weighted by molar-refractivity contribution is 7.89. The first-order chi connectivity index (χ1) is 11.0. The molecule has 126 valence electrons. The number of hydrogen-bond acceptors (Lipinski definition) is 5. The van der Waals surface area contributed by atoms with Gasteiger partial charge in [-0.05, 0) is 49.9 Å². The van der Waals surface area contributed by atoms with Crippen molar-refractivity contribution >= 4 is 16.0 Å². The van der Waals surface area contributed by atoms with Gasteiger partial charge in [0, 0.05) is 12.6 Å². The summed E-state index contributed by atoms with van der Waals surface area (Å²) in [6, 6.07) is 6.75. The number of carbonyl (C=O) groups excluding carboxylic acids is 1. The lowest BCUT2D eigenvalue weighted by Crippen LogP contribution is -2.37. The van der Waals surface area contributed by atoms with E-state index in [0.717, 1.165) is 37.8 Å². The second-order valence-corrected chi connectivity index (χ2v) is 8.01. The molecular weight excluding hydrogens is 316 g/mol. The predicted molar refractivity (Wildman–Crippen MR) is 85.6 cm³/mol. The number of benzene rings is 1. The first-order valence-corrected chi connectivity index (χ1v) is 9.38. The van der Waals surface area contributed by atoms with E-state index in [1.165, 1.54) is 7.11 Å². The fourth-order valence-electron chi connectivity index (χ4n) is 3.11. The van der Waals surface area contributed by atoms with Crippen LogP contribution in [0.1, 0.15) is 31.2 Å². The topological polar surface area (TPSA) is 84.5 Å². The molecule has 7 heteroatoms. The van der Waals surface area contributed by atoms with Crippen molar-refractivity contribution in [2.75, 3.05) is 20.2 Å². The van der Waals surface area contributed by atoms with Crippen molar-refractivity contribution in [2.45, 2.75) is 42.0 Å². The molecule has 0 amide bonds. The summed E-state index contributed by atoms with van der Waals surface area (Å²) < 4.78 is 32.1. The molecule has 1 saturated carbocycles. The van der Waals surface area contributed by atoms with Crippen LogP contribution in [0.15, 0.2) is 29.2 Å². The molecule has 3 rings (SSSR count). The smallest absolute Gasteiger partial charge is 0.316 e. The summed E-state index contributed by atoms with van der Waals surface area (Å²) in [5.74, 6) is -0.251. The van der Waals surface area contributed by atoms with Crippen LogP contribution < -0.4 is 10.0 Å². The number of methoxy groups -OCH3 is 1. The highest BCUT2D eigenvalue weighted by atomic mass is 32.2. The van der Waals surface area contributed by atoms with Gasteiger partial charge in [-0.2, -0.15) is 0 Å². The minimum Gasteiger partial charge on any atom is -0.468 e. The van der Waals surface area contributed by atoms with E-state index in [1.54, 1.807) is 24.3 Å². The van der Waals surface area contributed by atoms with Crippen LogP contribution in [0.25, 0.3) is 0 Å². The maximum absolute atomic E-state index is 12.3. The zero-order chi connectivity index (χ0) is 16.5. The average molecular weight is 338 g/mol. The number of carbonyl (C=O) groups is 1. The highest BCUT2D eigenvalue weighted by Gasteiger charge is 2.52. The summed E-state index contributed by atoms with van der Waals surface area (Å²) >= 11 is 0. The maximum Gasteiger partial charge on any atom is 0.316 e. The lowest BCUT2D eigenvalue weighted by Gasteiger charge is -2.15. The van der Waals surface area contributed by atoms with E-state index in [-0.39, 0.29) is 16.9 Å². The molecule has 1 heterocycles. The van der Waals surface area contributed by atoms with E-state index in [4.69, 9.17) is 4.74 Å². The van der Waals surface area contributed by atoms with Gasteiger partial charge in [0.2, 0.25) is 10.0 Å². The van der Waals surface area contributed by atoms with Gasteiger partial charge >= 0.3 is 5.97 Å². The molecule has 0 radical (unpaired) electrons. The number of nitrogens with one attached hydrogen (secondary N) is 2. The number of ether oxygens (including phenoxy) is 1. The third-order valence-corrected chi connectivity index (χ3v) is 6.16. The Hall–Kier alpha value is -1.44. The van der Waals surface area contributed by atoms with Gasteiger partial charge in [-0.15, -0.1) is 0 Å². The molecule has 1 aliphatic heterocycles. The van der Waals surface area contributed by atoms with Crippen molar-refractivity contribution in [3.05, 3.63) is 29.8 Å². The van der Waals surface area contributed by atoms with Crippen molar-refractivity contribution in [1.29, 1.82) is 0 Å². The van der Waals surface area contributed by atoms with E-state index < -0.39 is 15.4 Å². The van der Waals surface area contributed by atoms with Gasteiger partial charge in [-0.25, -0.2) is 13.1 Å². The van der Waals surface area contributed by atoms with Gasteiger partial charge in [-0.1, -0.05) is 12.1 Å². The molecule has 2 N–H and O–H groups in total. The van der Waals surface area contributed by atoms with Crippen molar-refractivity contribution in [3.63, 3.8) is 0 Å². The van der Waals surface area contributed by atoms with Crippen LogP contribution in [0.5, 0.6) is 0 Å². The van der Waals surface area contributed by atoms with Crippen molar-refractivity contribution < 1.29 is 17.9 Å². The van der Waals surface area contributed by atoms with Gasteiger partial charge in [0.25, 0.3) is 0 Å². The molecule has 1 unspecified atom stereocenters. The maximum atomic E-state index is 12.3. The molecule has 1 atom stereocenters. The SMILES string of the molecule is COC(=O)C1(c2ccc(S(=O)(=O)NCC3CCCN3)cc2)CC1. The Morgan fingerprint density at radius 2 is 2.04 bits per heavy atom. The first kappa shape index (κ1) is 16.4. The molecule has 1 saturated heterocycles. The molecule has 1 aliphatic carbocycles. The molecule has 1 aromatic rings. The lowest BCUT2D eigenvalue weighted by molar-refractivity contribution is -0.143. The van der Waals surface area contributed by atoms with Crippen LogP contribution in [-0.4, -0.2) is 40.6 Å². The van der Waals surface area contributed by atoms with Crippen LogP contribution in [0.3, 0.4) is 0 Å². The second-order valence-electron chi connectivity index (χ2n) is 6.24. The third-order valence-electron chi connectivity index (χ3n) is 4.73. The quantitative estimate of drug-likeness (QED) is 0.754. The van der Waals surface area contributed by atoms with Gasteiger partial charge in [-0.3, -0.25) is 4.79 Å². The van der Waals surface area contributed by atoms with Crippen LogP contribution >= 0.6 is 0 Å². The molecule has 6 nitrogen and oxygen atoms in total. The minimum absolute atomic E-state index is 0.207. The second kappa shape index (κ2) is 6.22. The summed E-state index contributed by atoms with van der Waals surface area (Å²) in [6.45, 7) is 1.34. The fraction of sp³-hybridized carbons (Fsp3) is 0.562. The van der Waals surface area contributed by atoms with E-state index >= 15 is 0 Å². The van der Waals surface area contributed by atoms with Crippen LogP contribution in [0, 0.1) is 0 Å². The molecule has 1 aromatic carbocycles. The summed E-state index contributed by atoms with van der Waals surface area (Å²) in [5.41, 5.74) is 0.249. The lowest BCUT2D eigenvalue weighted by atomic mass is 9.96. The Morgan fingerprint density at radius 1 is 1.35 bits per heavy atom. The Bertz CT molecular complexity index is 675. The highest BCUT2D eigenvalue weighted by Crippen LogP contribution is 2.49. The summed E-state index contributed by atoms with van der Waals surface area (Å²) in [4.78, 5) is 12.1. The fourth-order valence-corrected chi connectivity index (χ4v) is 4.19. The van der Waals surface area contributed by atoms with E-state index in [2.05, 4.69) is 10.0 Å². The molecule has 2 aliphatic rings. The summed E-state index contributed by atoms with van der Waals surface area (Å²) in [6.07, 6.45) is 3.56. The molecule has 0 spiro atoms. The predicted octanol–water partition coefficient (Wildman–Crippen LogP) is 0.921. The Labute approximate surface area is 136 Å². The largest absolute Gasteiger partial charge is 0.468 e. The Morgan fingerprint density at radius 3 is 2.57 bits per heavy atom. The van der Waals surface area contributed by atoms with Crippen molar-refractivity contribution in [3.8, 4) is 0 Å². The number of hydrogen-bond donors (Lipinski definition) is 2. The zero-order valence-electron chi connectivity index (χ0n) is 13.2. The molecule has 0 aromatic heterocycles.